The zero-order valence-corrected chi connectivity index (χ0v) is 27.6. The molecule has 2 fully saturated rings. The molecule has 2 amide bonds. The highest BCUT2D eigenvalue weighted by Crippen LogP contribution is 2.39. The number of alkyl halides is 3. The van der Waals surface area contributed by atoms with Crippen LogP contribution in [0, 0.1) is 5.92 Å². The van der Waals surface area contributed by atoms with Crippen molar-refractivity contribution in [3.8, 4) is 0 Å². The molecule has 46 heavy (non-hydrogen) atoms. The van der Waals surface area contributed by atoms with E-state index in [0.29, 0.717) is 24.7 Å². The molecular weight excluding hydrogens is 613 g/mol. The van der Waals surface area contributed by atoms with E-state index in [1.54, 1.807) is 31.7 Å². The second-order valence-electron chi connectivity index (χ2n) is 13.0. The number of hydrogen-bond acceptors (Lipinski definition) is 6. The SMILES string of the molecule is CC(C)(C)OC(=O)N1CCN(c2ccc(NCCC(=O)N3CCC(CSc4cccc5ccccc45)CC3)cc2C(F)(F)F)CC1. The Kier molecular flexibility index (Phi) is 10.6. The predicted octanol–water partition coefficient (Wildman–Crippen LogP) is 7.75. The number of carbonyl (C=O) groups excluding carboxylic acids is 2. The maximum absolute atomic E-state index is 14.1. The van der Waals surface area contributed by atoms with E-state index >= 15 is 0 Å². The Labute approximate surface area is 273 Å². The molecule has 3 aromatic carbocycles. The van der Waals surface area contributed by atoms with Crippen molar-refractivity contribution in [2.24, 2.45) is 5.92 Å². The van der Waals surface area contributed by atoms with Crippen molar-refractivity contribution < 1.29 is 27.5 Å². The average molecular weight is 657 g/mol. The molecule has 0 unspecified atom stereocenters. The maximum Gasteiger partial charge on any atom is 0.418 e. The molecule has 11 heteroatoms. The summed E-state index contributed by atoms with van der Waals surface area (Å²) in [5, 5.41) is 5.53. The number of hydrogen-bond donors (Lipinski definition) is 1. The number of ether oxygens (including phenoxy) is 1. The van der Waals surface area contributed by atoms with Crippen LogP contribution in [-0.2, 0) is 15.7 Å². The number of nitrogens with one attached hydrogen (secondary N) is 1. The molecule has 0 aromatic heterocycles. The second-order valence-corrected chi connectivity index (χ2v) is 14.0. The number of piperazine rings is 1. The van der Waals surface area contributed by atoms with Crippen LogP contribution >= 0.6 is 11.8 Å². The first-order valence-electron chi connectivity index (χ1n) is 15.9. The normalized spacial score (nSPS) is 16.5. The Bertz CT molecular complexity index is 1510. The van der Waals surface area contributed by atoms with Gasteiger partial charge in [-0.05, 0) is 74.6 Å². The molecule has 0 aliphatic carbocycles. The van der Waals surface area contributed by atoms with Crippen LogP contribution in [0.1, 0.15) is 45.6 Å². The first-order chi connectivity index (χ1) is 21.9. The Hall–Kier alpha value is -3.60. The van der Waals surface area contributed by atoms with Crippen molar-refractivity contribution >= 4 is 45.9 Å². The van der Waals surface area contributed by atoms with Gasteiger partial charge in [0.2, 0.25) is 5.91 Å². The van der Waals surface area contributed by atoms with Gasteiger partial charge in [0.1, 0.15) is 5.60 Å². The molecule has 0 atom stereocenters. The number of carbonyl (C=O) groups is 2. The van der Waals surface area contributed by atoms with E-state index in [0.717, 1.165) is 24.7 Å². The summed E-state index contributed by atoms with van der Waals surface area (Å²) in [5.41, 5.74) is -0.974. The highest BCUT2D eigenvalue weighted by molar-refractivity contribution is 7.99. The van der Waals surface area contributed by atoms with E-state index < -0.39 is 23.4 Å². The van der Waals surface area contributed by atoms with Gasteiger partial charge in [-0.1, -0.05) is 36.4 Å². The van der Waals surface area contributed by atoms with Gasteiger partial charge >= 0.3 is 12.3 Å². The smallest absolute Gasteiger partial charge is 0.418 e. The molecule has 248 valence electrons. The molecule has 2 aliphatic heterocycles. The van der Waals surface area contributed by atoms with E-state index in [9.17, 15) is 22.8 Å². The van der Waals surface area contributed by atoms with Crippen molar-refractivity contribution in [2.75, 3.05) is 61.8 Å². The lowest BCUT2D eigenvalue weighted by molar-refractivity contribution is -0.137. The van der Waals surface area contributed by atoms with E-state index in [1.165, 1.54) is 26.6 Å². The van der Waals surface area contributed by atoms with Crippen LogP contribution in [-0.4, -0.2) is 79.0 Å². The van der Waals surface area contributed by atoms with Crippen LogP contribution in [0.4, 0.5) is 29.3 Å². The number of rotatable bonds is 8. The third kappa shape index (κ3) is 8.80. The average Bonchev–Trinajstić information content (AvgIpc) is 3.03. The zero-order chi connectivity index (χ0) is 32.9. The highest BCUT2D eigenvalue weighted by Gasteiger charge is 2.36. The lowest BCUT2D eigenvalue weighted by atomic mass is 9.99. The molecular formula is C35H43F3N4O3S. The van der Waals surface area contributed by atoms with Crippen molar-refractivity contribution in [3.05, 3.63) is 66.2 Å². The fourth-order valence-electron chi connectivity index (χ4n) is 5.96. The molecule has 2 aliphatic rings. The fraction of sp³-hybridized carbons (Fsp3) is 0.486. The minimum absolute atomic E-state index is 0.0168. The molecule has 7 nitrogen and oxygen atoms in total. The molecule has 1 N–H and O–H groups in total. The van der Waals surface area contributed by atoms with Crippen molar-refractivity contribution in [1.29, 1.82) is 0 Å². The first kappa shape index (κ1) is 33.8. The lowest BCUT2D eigenvalue weighted by Crippen LogP contribution is -2.50. The molecule has 3 aromatic rings. The summed E-state index contributed by atoms with van der Waals surface area (Å²) in [4.78, 5) is 31.6. The lowest BCUT2D eigenvalue weighted by Gasteiger charge is -2.37. The predicted molar refractivity (Wildman–Crippen MR) is 179 cm³/mol. The number of benzene rings is 3. The van der Waals surface area contributed by atoms with Gasteiger partial charge < -0.3 is 24.8 Å². The van der Waals surface area contributed by atoms with Gasteiger partial charge in [0.25, 0.3) is 0 Å². The van der Waals surface area contributed by atoms with E-state index in [-0.39, 0.29) is 50.7 Å². The molecule has 2 heterocycles. The fourth-order valence-corrected chi connectivity index (χ4v) is 7.22. The Balaban J connectivity index is 1.08. The van der Waals surface area contributed by atoms with Crippen LogP contribution < -0.4 is 10.2 Å². The Morgan fingerprint density at radius 1 is 0.891 bits per heavy atom. The third-order valence-electron chi connectivity index (χ3n) is 8.43. The molecule has 0 saturated carbocycles. The van der Waals surface area contributed by atoms with E-state index in [2.05, 4.69) is 47.8 Å². The van der Waals surface area contributed by atoms with Crippen molar-refractivity contribution in [3.63, 3.8) is 0 Å². The standard InChI is InChI=1S/C35H43F3N4O3S/c1-34(2,3)45-33(44)42-21-19-40(20-22-42)30-12-11-27(23-29(30)35(36,37)38)39-16-13-32(43)41-17-14-25(15-18-41)24-46-31-10-6-8-26-7-4-5-9-28(26)31/h4-12,23,25,39H,13-22,24H2,1-3H3. The van der Waals surface area contributed by atoms with Crippen LogP contribution in [0.25, 0.3) is 10.8 Å². The topological polar surface area (TPSA) is 65.1 Å². The van der Waals surface area contributed by atoms with Crippen LogP contribution in [0.15, 0.2) is 65.6 Å². The van der Waals surface area contributed by atoms with Gasteiger partial charge in [-0.3, -0.25) is 4.79 Å². The Morgan fingerprint density at radius 2 is 1.59 bits per heavy atom. The summed E-state index contributed by atoms with van der Waals surface area (Å²) in [6, 6.07) is 19.0. The van der Waals surface area contributed by atoms with Gasteiger partial charge in [-0.2, -0.15) is 13.2 Å². The summed E-state index contributed by atoms with van der Waals surface area (Å²) < 4.78 is 47.8. The minimum atomic E-state index is -4.55. The molecule has 2 saturated heterocycles. The number of nitrogens with zero attached hydrogens (tertiary/aromatic N) is 3. The van der Waals surface area contributed by atoms with Crippen molar-refractivity contribution in [2.45, 2.75) is 56.7 Å². The maximum atomic E-state index is 14.1. The number of amides is 2. The van der Waals surface area contributed by atoms with Gasteiger partial charge in [0, 0.05) is 74.3 Å². The summed E-state index contributed by atoms with van der Waals surface area (Å²) in [6.07, 6.45) is -2.91. The second kappa shape index (κ2) is 14.4. The summed E-state index contributed by atoms with van der Waals surface area (Å²) in [6.45, 7) is 8.06. The number of thioether (sulfide) groups is 1. The molecule has 0 spiro atoms. The number of fused-ring (bicyclic) bond motifs is 1. The van der Waals surface area contributed by atoms with Crippen LogP contribution in [0.2, 0.25) is 0 Å². The van der Waals surface area contributed by atoms with Gasteiger partial charge in [-0.25, -0.2) is 4.79 Å². The van der Waals surface area contributed by atoms with Crippen LogP contribution in [0.5, 0.6) is 0 Å². The highest BCUT2D eigenvalue weighted by atomic mass is 32.2. The van der Waals surface area contributed by atoms with E-state index in [4.69, 9.17) is 4.74 Å². The van der Waals surface area contributed by atoms with Gasteiger partial charge in [0.05, 0.1) is 5.56 Å². The quantitative estimate of drug-likeness (QED) is 0.250. The summed E-state index contributed by atoms with van der Waals surface area (Å²) in [5.74, 6) is 1.56. The first-order valence-corrected chi connectivity index (χ1v) is 16.9. The molecule has 5 rings (SSSR count). The summed E-state index contributed by atoms with van der Waals surface area (Å²) >= 11 is 1.88. The third-order valence-corrected chi connectivity index (χ3v) is 9.74. The van der Waals surface area contributed by atoms with Crippen molar-refractivity contribution in [1.82, 2.24) is 9.80 Å². The molecule has 0 radical (unpaired) electrons. The van der Waals surface area contributed by atoms with Gasteiger partial charge in [-0.15, -0.1) is 11.8 Å². The van der Waals surface area contributed by atoms with E-state index in [1.807, 2.05) is 16.7 Å². The number of halogens is 3. The number of likely N-dealkylation sites (tertiary alicyclic amines) is 1. The monoisotopic (exact) mass is 656 g/mol. The molecule has 0 bridgehead atoms. The number of piperidine rings is 1. The Morgan fingerprint density at radius 3 is 2.28 bits per heavy atom. The zero-order valence-electron chi connectivity index (χ0n) is 26.7. The minimum Gasteiger partial charge on any atom is -0.444 e. The largest absolute Gasteiger partial charge is 0.444 e. The van der Waals surface area contributed by atoms with Gasteiger partial charge in [0.15, 0.2) is 0 Å². The summed E-state index contributed by atoms with van der Waals surface area (Å²) in [7, 11) is 0. The van der Waals surface area contributed by atoms with Crippen LogP contribution in [0.3, 0.4) is 0 Å². The number of anilines is 2.